The third-order valence-electron chi connectivity index (χ3n) is 3.46. The standard InChI is InChI=1S/C17H19NO2.ClH/c1-2-20-16(19)17(13-18,14-9-5-3-6-10-14)15-11-7-4-8-12-15;/h3-12H,2,13,18H2,1H3;1H. The first-order valence-electron chi connectivity index (χ1n) is 6.74. The summed E-state index contributed by atoms with van der Waals surface area (Å²) in [5, 5.41) is 0. The summed E-state index contributed by atoms with van der Waals surface area (Å²) >= 11 is 0. The van der Waals surface area contributed by atoms with Crippen molar-refractivity contribution in [2.24, 2.45) is 5.73 Å². The average Bonchev–Trinajstić information content (AvgIpc) is 2.51. The van der Waals surface area contributed by atoms with E-state index in [9.17, 15) is 4.79 Å². The summed E-state index contributed by atoms with van der Waals surface area (Å²) in [7, 11) is 0. The van der Waals surface area contributed by atoms with Crippen LogP contribution >= 0.6 is 12.4 Å². The second-order valence-corrected chi connectivity index (χ2v) is 4.56. The van der Waals surface area contributed by atoms with Gasteiger partial charge in [0.2, 0.25) is 0 Å². The molecule has 0 fully saturated rings. The number of rotatable bonds is 5. The summed E-state index contributed by atoms with van der Waals surface area (Å²) < 4.78 is 5.29. The zero-order valence-corrected chi connectivity index (χ0v) is 12.8. The molecule has 2 aromatic carbocycles. The van der Waals surface area contributed by atoms with Crippen molar-refractivity contribution in [1.29, 1.82) is 0 Å². The lowest BCUT2D eigenvalue weighted by Crippen LogP contribution is -2.45. The molecule has 0 aliphatic heterocycles. The van der Waals surface area contributed by atoms with E-state index in [0.717, 1.165) is 11.1 Å². The van der Waals surface area contributed by atoms with E-state index in [4.69, 9.17) is 10.5 Å². The zero-order valence-electron chi connectivity index (χ0n) is 12.0. The molecule has 0 unspecified atom stereocenters. The van der Waals surface area contributed by atoms with Crippen LogP contribution in [0.2, 0.25) is 0 Å². The molecular weight excluding hydrogens is 286 g/mol. The fourth-order valence-corrected chi connectivity index (χ4v) is 2.42. The summed E-state index contributed by atoms with van der Waals surface area (Å²) in [6, 6.07) is 19.1. The average molecular weight is 306 g/mol. The molecule has 0 amide bonds. The molecule has 0 saturated carbocycles. The molecule has 0 saturated heterocycles. The molecule has 21 heavy (non-hydrogen) atoms. The molecule has 3 nitrogen and oxygen atoms in total. The second kappa shape index (κ2) is 7.81. The Hall–Kier alpha value is -1.84. The topological polar surface area (TPSA) is 52.3 Å². The van der Waals surface area contributed by atoms with Gasteiger partial charge in [0.25, 0.3) is 0 Å². The molecule has 0 spiro atoms. The van der Waals surface area contributed by atoms with Gasteiger partial charge < -0.3 is 10.5 Å². The van der Waals surface area contributed by atoms with E-state index in [1.54, 1.807) is 6.92 Å². The normalized spacial score (nSPS) is 10.6. The van der Waals surface area contributed by atoms with Crippen molar-refractivity contribution in [3.8, 4) is 0 Å². The molecule has 112 valence electrons. The SMILES string of the molecule is CCOC(=O)C(CN)(c1ccccc1)c1ccccc1.Cl. The smallest absolute Gasteiger partial charge is 0.322 e. The Bertz CT molecular complexity index is 518. The molecule has 0 atom stereocenters. The van der Waals surface area contributed by atoms with E-state index in [1.165, 1.54) is 0 Å². The molecule has 0 bridgehead atoms. The van der Waals surface area contributed by atoms with Crippen LogP contribution in [0.5, 0.6) is 0 Å². The Morgan fingerprint density at radius 1 is 1.00 bits per heavy atom. The predicted molar refractivity (Wildman–Crippen MR) is 86.6 cm³/mol. The third-order valence-corrected chi connectivity index (χ3v) is 3.46. The van der Waals surface area contributed by atoms with Crippen LogP contribution in [0.3, 0.4) is 0 Å². The highest BCUT2D eigenvalue weighted by Crippen LogP contribution is 2.32. The number of halogens is 1. The number of hydrogen-bond acceptors (Lipinski definition) is 3. The van der Waals surface area contributed by atoms with Gasteiger partial charge in [-0.1, -0.05) is 60.7 Å². The predicted octanol–water partition coefficient (Wildman–Crippen LogP) is 2.92. The van der Waals surface area contributed by atoms with Crippen molar-refractivity contribution in [2.45, 2.75) is 12.3 Å². The second-order valence-electron chi connectivity index (χ2n) is 4.56. The molecule has 0 radical (unpaired) electrons. The van der Waals surface area contributed by atoms with E-state index in [1.807, 2.05) is 60.7 Å². The van der Waals surface area contributed by atoms with Crippen molar-refractivity contribution in [3.63, 3.8) is 0 Å². The van der Waals surface area contributed by atoms with Gasteiger partial charge in [-0.25, -0.2) is 0 Å². The molecule has 2 N–H and O–H groups in total. The highest BCUT2D eigenvalue weighted by molar-refractivity contribution is 5.88. The number of carbonyl (C=O) groups is 1. The molecule has 0 aliphatic carbocycles. The summed E-state index contributed by atoms with van der Waals surface area (Å²) in [6.45, 7) is 2.30. The van der Waals surface area contributed by atoms with Crippen LogP contribution in [-0.2, 0) is 14.9 Å². The first kappa shape index (κ1) is 17.2. The quantitative estimate of drug-likeness (QED) is 0.864. The molecule has 0 heterocycles. The van der Waals surface area contributed by atoms with Crippen molar-refractivity contribution < 1.29 is 9.53 Å². The Labute approximate surface area is 131 Å². The number of benzene rings is 2. The van der Waals surface area contributed by atoms with Crippen LogP contribution in [0.1, 0.15) is 18.1 Å². The number of carbonyl (C=O) groups excluding carboxylic acids is 1. The van der Waals surface area contributed by atoms with E-state index in [2.05, 4.69) is 0 Å². The molecule has 0 aromatic heterocycles. The number of hydrogen-bond donors (Lipinski definition) is 1. The lowest BCUT2D eigenvalue weighted by Gasteiger charge is -2.31. The molecule has 4 heteroatoms. The minimum absolute atomic E-state index is 0. The van der Waals surface area contributed by atoms with Crippen LogP contribution in [0, 0.1) is 0 Å². The van der Waals surface area contributed by atoms with Crippen molar-refractivity contribution >= 4 is 18.4 Å². The van der Waals surface area contributed by atoms with Gasteiger partial charge in [0, 0.05) is 6.54 Å². The van der Waals surface area contributed by atoms with E-state index < -0.39 is 5.41 Å². The Morgan fingerprint density at radius 2 is 1.43 bits per heavy atom. The lowest BCUT2D eigenvalue weighted by molar-refractivity contribution is -0.148. The first-order valence-corrected chi connectivity index (χ1v) is 6.74. The maximum absolute atomic E-state index is 12.6. The van der Waals surface area contributed by atoms with Crippen molar-refractivity contribution in [2.75, 3.05) is 13.2 Å². The van der Waals surface area contributed by atoms with Gasteiger partial charge in [-0.2, -0.15) is 0 Å². The lowest BCUT2D eigenvalue weighted by atomic mass is 9.74. The molecular formula is C17H20ClNO2. The molecule has 0 aliphatic rings. The van der Waals surface area contributed by atoms with Gasteiger partial charge in [0.1, 0.15) is 5.41 Å². The Kier molecular flexibility index (Phi) is 6.40. The van der Waals surface area contributed by atoms with Crippen molar-refractivity contribution in [1.82, 2.24) is 0 Å². The highest BCUT2D eigenvalue weighted by Gasteiger charge is 2.42. The van der Waals surface area contributed by atoms with Crippen LogP contribution < -0.4 is 5.73 Å². The zero-order chi connectivity index (χ0) is 14.4. The first-order chi connectivity index (χ1) is 9.75. The maximum atomic E-state index is 12.6. The monoisotopic (exact) mass is 305 g/mol. The summed E-state index contributed by atoms with van der Waals surface area (Å²) in [6.07, 6.45) is 0. The van der Waals surface area contributed by atoms with Gasteiger partial charge in [-0.3, -0.25) is 4.79 Å². The number of ether oxygens (including phenoxy) is 1. The van der Waals surface area contributed by atoms with Gasteiger partial charge in [-0.15, -0.1) is 12.4 Å². The van der Waals surface area contributed by atoms with Crippen LogP contribution in [0.15, 0.2) is 60.7 Å². The number of nitrogens with two attached hydrogens (primary N) is 1. The van der Waals surface area contributed by atoms with Crippen LogP contribution in [0.25, 0.3) is 0 Å². The summed E-state index contributed by atoms with van der Waals surface area (Å²) in [5.74, 6) is -0.306. The van der Waals surface area contributed by atoms with Gasteiger partial charge in [0.05, 0.1) is 6.61 Å². The third kappa shape index (κ3) is 3.26. The van der Waals surface area contributed by atoms with Gasteiger partial charge in [-0.05, 0) is 18.1 Å². The number of esters is 1. The summed E-state index contributed by atoms with van der Waals surface area (Å²) in [5.41, 5.74) is 6.76. The van der Waals surface area contributed by atoms with Crippen LogP contribution in [0.4, 0.5) is 0 Å². The summed E-state index contributed by atoms with van der Waals surface area (Å²) in [4.78, 5) is 12.6. The Balaban J connectivity index is 0.00000220. The van der Waals surface area contributed by atoms with Gasteiger partial charge >= 0.3 is 5.97 Å². The van der Waals surface area contributed by atoms with E-state index >= 15 is 0 Å². The fourth-order valence-electron chi connectivity index (χ4n) is 2.42. The minimum Gasteiger partial charge on any atom is -0.465 e. The Morgan fingerprint density at radius 3 is 1.76 bits per heavy atom. The highest BCUT2D eigenvalue weighted by atomic mass is 35.5. The van der Waals surface area contributed by atoms with Gasteiger partial charge in [0.15, 0.2) is 0 Å². The van der Waals surface area contributed by atoms with Crippen molar-refractivity contribution in [3.05, 3.63) is 71.8 Å². The maximum Gasteiger partial charge on any atom is 0.322 e. The van der Waals surface area contributed by atoms with E-state index in [-0.39, 0.29) is 24.9 Å². The fraction of sp³-hybridized carbons (Fsp3) is 0.235. The molecule has 2 aromatic rings. The van der Waals surface area contributed by atoms with E-state index in [0.29, 0.717) is 6.61 Å². The minimum atomic E-state index is -0.946. The van der Waals surface area contributed by atoms with Crippen LogP contribution in [-0.4, -0.2) is 19.1 Å². The largest absolute Gasteiger partial charge is 0.465 e. The molecule has 2 rings (SSSR count).